The van der Waals surface area contributed by atoms with Crippen molar-refractivity contribution in [2.75, 3.05) is 5.75 Å². The largest absolute Gasteiger partial charge is 0.480 e. The maximum atomic E-state index is 11.8. The number of carbonyl (C=O) groups excluding carboxylic acids is 1. The number of carboxylic acids is 1. The smallest absolute Gasteiger partial charge is 0.326 e. The first-order chi connectivity index (χ1) is 9.38. The van der Waals surface area contributed by atoms with Crippen LogP contribution in [0, 0.1) is 12.8 Å². The molecule has 110 valence electrons. The Balaban J connectivity index is 2.45. The molecule has 0 fully saturated rings. The van der Waals surface area contributed by atoms with Crippen molar-refractivity contribution in [2.45, 2.75) is 38.1 Å². The second kappa shape index (κ2) is 7.94. The van der Waals surface area contributed by atoms with Gasteiger partial charge < -0.3 is 10.4 Å². The first kappa shape index (κ1) is 16.6. The van der Waals surface area contributed by atoms with Gasteiger partial charge in [0.05, 0.1) is 5.75 Å². The van der Waals surface area contributed by atoms with Crippen molar-refractivity contribution in [2.24, 2.45) is 5.92 Å². The summed E-state index contributed by atoms with van der Waals surface area (Å²) in [5.74, 6) is -0.776. The minimum atomic E-state index is -0.979. The average molecular weight is 295 g/mol. The number of hydrogen-bond donors (Lipinski definition) is 2. The first-order valence-corrected chi connectivity index (χ1v) is 7.58. The third-order valence-electron chi connectivity index (χ3n) is 2.73. The Morgan fingerprint density at radius 2 is 1.85 bits per heavy atom. The van der Waals surface area contributed by atoms with Crippen LogP contribution >= 0.6 is 11.8 Å². The van der Waals surface area contributed by atoms with Gasteiger partial charge in [0, 0.05) is 4.90 Å². The second-order valence-electron chi connectivity index (χ2n) is 5.19. The number of rotatable bonds is 7. The van der Waals surface area contributed by atoms with Gasteiger partial charge in [0.1, 0.15) is 6.04 Å². The van der Waals surface area contributed by atoms with Crippen LogP contribution in [0.15, 0.2) is 29.2 Å². The maximum Gasteiger partial charge on any atom is 0.326 e. The van der Waals surface area contributed by atoms with Crippen molar-refractivity contribution in [1.29, 1.82) is 0 Å². The molecule has 5 heteroatoms. The molecule has 1 amide bonds. The molecule has 1 rings (SSSR count). The number of carboxylic acid groups (broad SMARTS) is 1. The number of hydrogen-bond acceptors (Lipinski definition) is 3. The van der Waals surface area contributed by atoms with Gasteiger partial charge in [-0.1, -0.05) is 31.5 Å². The van der Waals surface area contributed by atoms with E-state index >= 15 is 0 Å². The van der Waals surface area contributed by atoms with Crippen LogP contribution in [0.25, 0.3) is 0 Å². The fraction of sp³-hybridized carbons (Fsp3) is 0.467. The van der Waals surface area contributed by atoms with Crippen molar-refractivity contribution in [3.63, 3.8) is 0 Å². The fourth-order valence-electron chi connectivity index (χ4n) is 1.71. The fourth-order valence-corrected chi connectivity index (χ4v) is 2.42. The molecule has 20 heavy (non-hydrogen) atoms. The van der Waals surface area contributed by atoms with Crippen LogP contribution in [0.4, 0.5) is 0 Å². The van der Waals surface area contributed by atoms with Crippen LogP contribution in [0.3, 0.4) is 0 Å². The molecule has 1 atom stereocenters. The zero-order valence-corrected chi connectivity index (χ0v) is 12.9. The van der Waals surface area contributed by atoms with Crippen molar-refractivity contribution < 1.29 is 14.7 Å². The molecule has 4 nitrogen and oxygen atoms in total. The summed E-state index contributed by atoms with van der Waals surface area (Å²) < 4.78 is 0. The lowest BCUT2D eigenvalue weighted by Gasteiger charge is -2.16. The van der Waals surface area contributed by atoms with Gasteiger partial charge in [-0.05, 0) is 31.4 Å². The molecular weight excluding hydrogens is 274 g/mol. The molecule has 0 heterocycles. The Kier molecular flexibility index (Phi) is 6.58. The van der Waals surface area contributed by atoms with Crippen LogP contribution in [0.2, 0.25) is 0 Å². The lowest BCUT2D eigenvalue weighted by molar-refractivity contribution is -0.141. The summed E-state index contributed by atoms with van der Waals surface area (Å²) in [6.07, 6.45) is 0.441. The Morgan fingerprint density at radius 3 is 2.35 bits per heavy atom. The van der Waals surface area contributed by atoms with Gasteiger partial charge in [0.15, 0.2) is 0 Å². The van der Waals surface area contributed by atoms with E-state index in [0.29, 0.717) is 6.42 Å². The van der Waals surface area contributed by atoms with E-state index in [9.17, 15) is 9.59 Å². The molecule has 0 aliphatic rings. The van der Waals surface area contributed by atoms with E-state index in [1.807, 2.05) is 45.0 Å². The Morgan fingerprint density at radius 1 is 1.25 bits per heavy atom. The lowest BCUT2D eigenvalue weighted by Crippen LogP contribution is -2.42. The summed E-state index contributed by atoms with van der Waals surface area (Å²) in [6.45, 7) is 5.87. The Hall–Kier alpha value is -1.49. The molecule has 0 aliphatic heterocycles. The van der Waals surface area contributed by atoms with Crippen LogP contribution in [-0.2, 0) is 9.59 Å². The summed E-state index contributed by atoms with van der Waals surface area (Å²) >= 11 is 1.40. The molecular formula is C15H21NO3S. The van der Waals surface area contributed by atoms with Gasteiger partial charge in [0.25, 0.3) is 0 Å². The first-order valence-electron chi connectivity index (χ1n) is 6.60. The zero-order chi connectivity index (χ0) is 15.1. The highest BCUT2D eigenvalue weighted by Gasteiger charge is 2.20. The van der Waals surface area contributed by atoms with E-state index in [1.165, 1.54) is 17.3 Å². The number of thioether (sulfide) groups is 1. The normalized spacial score (nSPS) is 12.2. The van der Waals surface area contributed by atoms with Crippen molar-refractivity contribution in [3.8, 4) is 0 Å². The Labute approximate surface area is 124 Å². The van der Waals surface area contributed by atoms with Crippen molar-refractivity contribution >= 4 is 23.6 Å². The zero-order valence-electron chi connectivity index (χ0n) is 12.1. The molecule has 0 radical (unpaired) electrons. The SMILES string of the molecule is Cc1ccc(SCC(=O)N[C@@H](CC(C)C)C(=O)O)cc1. The monoisotopic (exact) mass is 295 g/mol. The van der Waals surface area contributed by atoms with Crippen LogP contribution in [0.1, 0.15) is 25.8 Å². The topological polar surface area (TPSA) is 66.4 Å². The summed E-state index contributed by atoms with van der Waals surface area (Å²) in [6, 6.07) is 7.07. The predicted octanol–water partition coefficient (Wildman–Crippen LogP) is 2.70. The van der Waals surface area contributed by atoms with Crippen LogP contribution in [0.5, 0.6) is 0 Å². The van der Waals surface area contributed by atoms with Gasteiger partial charge in [-0.15, -0.1) is 11.8 Å². The van der Waals surface area contributed by atoms with Gasteiger partial charge in [0.2, 0.25) is 5.91 Å². The highest BCUT2D eigenvalue weighted by molar-refractivity contribution is 8.00. The lowest BCUT2D eigenvalue weighted by atomic mass is 10.0. The number of aliphatic carboxylic acids is 1. The van der Waals surface area contributed by atoms with Gasteiger partial charge in [-0.2, -0.15) is 0 Å². The van der Waals surface area contributed by atoms with E-state index in [4.69, 9.17) is 5.11 Å². The predicted molar refractivity (Wildman–Crippen MR) is 80.9 cm³/mol. The van der Waals surface area contributed by atoms with Gasteiger partial charge in [-0.3, -0.25) is 4.79 Å². The molecule has 2 N–H and O–H groups in total. The number of carbonyl (C=O) groups is 2. The van der Waals surface area contributed by atoms with E-state index < -0.39 is 12.0 Å². The highest BCUT2D eigenvalue weighted by atomic mass is 32.2. The van der Waals surface area contributed by atoms with Gasteiger partial charge >= 0.3 is 5.97 Å². The number of benzene rings is 1. The maximum absolute atomic E-state index is 11.8. The molecule has 0 saturated heterocycles. The van der Waals surface area contributed by atoms with E-state index in [-0.39, 0.29) is 17.6 Å². The second-order valence-corrected chi connectivity index (χ2v) is 6.24. The molecule has 0 aliphatic carbocycles. The third-order valence-corrected chi connectivity index (χ3v) is 3.74. The standard InChI is InChI=1S/C15H21NO3S/c1-10(2)8-13(15(18)19)16-14(17)9-20-12-6-4-11(3)5-7-12/h4-7,10,13H,8-9H2,1-3H3,(H,16,17)(H,18,19)/t13-/m0/s1. The minimum absolute atomic E-state index is 0.223. The van der Waals surface area contributed by atoms with Crippen LogP contribution < -0.4 is 5.32 Å². The quantitative estimate of drug-likeness (QED) is 0.759. The summed E-state index contributed by atoms with van der Waals surface area (Å²) in [7, 11) is 0. The molecule has 1 aromatic carbocycles. The third kappa shape index (κ3) is 6.10. The molecule has 0 spiro atoms. The molecule has 0 bridgehead atoms. The molecule has 0 unspecified atom stereocenters. The number of nitrogens with one attached hydrogen (secondary N) is 1. The number of aryl methyl sites for hydroxylation is 1. The van der Waals surface area contributed by atoms with E-state index in [2.05, 4.69) is 5.32 Å². The summed E-state index contributed by atoms with van der Waals surface area (Å²) in [4.78, 5) is 23.8. The summed E-state index contributed by atoms with van der Waals surface area (Å²) in [5.41, 5.74) is 1.17. The molecule has 1 aromatic rings. The number of amides is 1. The van der Waals surface area contributed by atoms with E-state index in [1.54, 1.807) is 0 Å². The van der Waals surface area contributed by atoms with E-state index in [0.717, 1.165) is 4.90 Å². The molecule has 0 saturated carbocycles. The molecule has 0 aromatic heterocycles. The highest BCUT2D eigenvalue weighted by Crippen LogP contribution is 2.18. The van der Waals surface area contributed by atoms with Crippen molar-refractivity contribution in [3.05, 3.63) is 29.8 Å². The summed E-state index contributed by atoms with van der Waals surface area (Å²) in [5, 5.41) is 11.6. The van der Waals surface area contributed by atoms with Crippen molar-refractivity contribution in [1.82, 2.24) is 5.32 Å². The minimum Gasteiger partial charge on any atom is -0.480 e. The average Bonchev–Trinajstić information content (AvgIpc) is 2.36. The van der Waals surface area contributed by atoms with Crippen LogP contribution in [-0.4, -0.2) is 28.8 Å². The van der Waals surface area contributed by atoms with Gasteiger partial charge in [-0.25, -0.2) is 4.79 Å². The Bertz CT molecular complexity index is 457.